The van der Waals surface area contributed by atoms with E-state index in [1.54, 1.807) is 11.8 Å². The molecule has 1 amide bonds. The second-order valence-electron chi connectivity index (χ2n) is 3.66. The number of halogens is 2. The van der Waals surface area contributed by atoms with Gasteiger partial charge in [-0.05, 0) is 46.8 Å². The van der Waals surface area contributed by atoms with E-state index in [1.165, 1.54) is 0 Å². The number of nitrogens with one attached hydrogen (secondary N) is 1. The Morgan fingerprint density at radius 3 is 2.71 bits per heavy atom. The predicted octanol–water partition coefficient (Wildman–Crippen LogP) is 4.08. The van der Waals surface area contributed by atoms with Gasteiger partial charge in [0.15, 0.2) is 0 Å². The summed E-state index contributed by atoms with van der Waals surface area (Å²) in [6.07, 6.45) is 2.99. The second kappa shape index (κ2) is 7.44. The molecule has 2 nitrogen and oxygen atoms in total. The topological polar surface area (TPSA) is 29.1 Å². The third kappa shape index (κ3) is 4.64. The summed E-state index contributed by atoms with van der Waals surface area (Å²) in [4.78, 5) is 12.1. The number of amides is 1. The molecule has 94 valence electrons. The minimum absolute atomic E-state index is 0.0229. The van der Waals surface area contributed by atoms with Crippen molar-refractivity contribution in [2.75, 3.05) is 12.0 Å². The van der Waals surface area contributed by atoms with E-state index < -0.39 is 0 Å². The van der Waals surface area contributed by atoms with Crippen molar-refractivity contribution in [3.63, 3.8) is 0 Å². The molecule has 0 saturated carbocycles. The Hall–Kier alpha value is -0.000000000000000111. The number of carbonyl (C=O) groups excluding carboxylic acids is 1. The van der Waals surface area contributed by atoms with Gasteiger partial charge in [-0.3, -0.25) is 4.79 Å². The van der Waals surface area contributed by atoms with Crippen molar-refractivity contribution in [1.82, 2.24) is 5.32 Å². The standard InChI is InChI=1S/C12H15Br2NOS/c1-3-9(7-17-2)15-12(16)10-5-4-8(13)6-11(10)14/h4-6,9H,3,7H2,1-2H3,(H,15,16). The summed E-state index contributed by atoms with van der Waals surface area (Å²) >= 11 is 8.52. The Labute approximate surface area is 123 Å². The highest BCUT2D eigenvalue weighted by Gasteiger charge is 2.14. The quantitative estimate of drug-likeness (QED) is 0.833. The van der Waals surface area contributed by atoms with Crippen LogP contribution in [0, 0.1) is 0 Å². The summed E-state index contributed by atoms with van der Waals surface area (Å²) in [6.45, 7) is 2.08. The third-order valence-corrected chi connectivity index (χ3v) is 4.26. The normalized spacial score (nSPS) is 12.2. The molecule has 1 aromatic rings. The lowest BCUT2D eigenvalue weighted by Crippen LogP contribution is -2.36. The van der Waals surface area contributed by atoms with Crippen molar-refractivity contribution >= 4 is 49.5 Å². The van der Waals surface area contributed by atoms with Crippen LogP contribution in [-0.2, 0) is 0 Å². The predicted molar refractivity (Wildman–Crippen MR) is 81.8 cm³/mol. The fourth-order valence-electron chi connectivity index (χ4n) is 1.40. The highest BCUT2D eigenvalue weighted by atomic mass is 79.9. The van der Waals surface area contributed by atoms with Gasteiger partial charge in [-0.2, -0.15) is 11.8 Å². The van der Waals surface area contributed by atoms with E-state index in [9.17, 15) is 4.79 Å². The van der Waals surface area contributed by atoms with Crippen LogP contribution < -0.4 is 5.32 Å². The van der Waals surface area contributed by atoms with E-state index in [2.05, 4.69) is 44.1 Å². The highest BCUT2D eigenvalue weighted by molar-refractivity contribution is 9.11. The van der Waals surface area contributed by atoms with Gasteiger partial charge in [-0.15, -0.1) is 0 Å². The Morgan fingerprint density at radius 2 is 2.18 bits per heavy atom. The molecule has 0 aliphatic rings. The van der Waals surface area contributed by atoms with E-state index >= 15 is 0 Å². The molecule has 0 fully saturated rings. The van der Waals surface area contributed by atoms with Gasteiger partial charge >= 0.3 is 0 Å². The van der Waals surface area contributed by atoms with Crippen molar-refractivity contribution in [3.05, 3.63) is 32.7 Å². The van der Waals surface area contributed by atoms with E-state index in [0.29, 0.717) is 5.56 Å². The highest BCUT2D eigenvalue weighted by Crippen LogP contribution is 2.22. The summed E-state index contributed by atoms with van der Waals surface area (Å²) < 4.78 is 1.76. The molecule has 17 heavy (non-hydrogen) atoms. The van der Waals surface area contributed by atoms with E-state index in [4.69, 9.17) is 0 Å². The fraction of sp³-hybridized carbons (Fsp3) is 0.417. The lowest BCUT2D eigenvalue weighted by molar-refractivity contribution is 0.0939. The van der Waals surface area contributed by atoms with Gasteiger partial charge in [0.2, 0.25) is 0 Å². The molecule has 0 aliphatic heterocycles. The average Bonchev–Trinajstić information content (AvgIpc) is 2.28. The van der Waals surface area contributed by atoms with Crippen LogP contribution in [0.1, 0.15) is 23.7 Å². The number of thioether (sulfide) groups is 1. The van der Waals surface area contributed by atoms with Crippen molar-refractivity contribution < 1.29 is 4.79 Å². The van der Waals surface area contributed by atoms with Gasteiger partial charge in [0, 0.05) is 20.7 Å². The number of rotatable bonds is 5. The summed E-state index contributed by atoms with van der Waals surface area (Å²) in [5, 5.41) is 3.04. The molecular weight excluding hydrogens is 366 g/mol. The molecule has 0 aliphatic carbocycles. The first-order valence-corrected chi connectivity index (χ1v) is 8.31. The Balaban J connectivity index is 2.75. The first-order valence-electron chi connectivity index (χ1n) is 5.33. The molecule has 1 atom stereocenters. The molecule has 0 aromatic heterocycles. The summed E-state index contributed by atoms with van der Waals surface area (Å²) in [7, 11) is 0. The van der Waals surface area contributed by atoms with Gasteiger partial charge in [-0.25, -0.2) is 0 Å². The molecule has 0 saturated heterocycles. The van der Waals surface area contributed by atoms with Crippen LogP contribution in [0.2, 0.25) is 0 Å². The minimum atomic E-state index is -0.0229. The van der Waals surface area contributed by atoms with Gasteiger partial charge in [0.25, 0.3) is 5.91 Å². The Bertz CT molecular complexity index is 398. The first kappa shape index (κ1) is 15.1. The van der Waals surface area contributed by atoms with E-state index in [-0.39, 0.29) is 11.9 Å². The smallest absolute Gasteiger partial charge is 0.252 e. The summed E-state index contributed by atoms with van der Waals surface area (Å²) in [5.41, 5.74) is 0.674. The lowest BCUT2D eigenvalue weighted by Gasteiger charge is -2.16. The van der Waals surface area contributed by atoms with Crippen LogP contribution in [0.3, 0.4) is 0 Å². The minimum Gasteiger partial charge on any atom is -0.348 e. The van der Waals surface area contributed by atoms with Crippen LogP contribution in [-0.4, -0.2) is 24.0 Å². The SMILES string of the molecule is CCC(CSC)NC(=O)c1ccc(Br)cc1Br. The van der Waals surface area contributed by atoms with Gasteiger partial charge in [0.05, 0.1) is 5.56 Å². The zero-order valence-electron chi connectivity index (χ0n) is 9.80. The average molecular weight is 381 g/mol. The van der Waals surface area contributed by atoms with Gasteiger partial charge in [-0.1, -0.05) is 22.9 Å². The molecule has 0 spiro atoms. The molecule has 1 aromatic carbocycles. The monoisotopic (exact) mass is 379 g/mol. The number of carbonyl (C=O) groups is 1. The van der Waals surface area contributed by atoms with Gasteiger partial charge < -0.3 is 5.32 Å². The van der Waals surface area contributed by atoms with Crippen molar-refractivity contribution in [2.45, 2.75) is 19.4 Å². The van der Waals surface area contributed by atoms with E-state index in [0.717, 1.165) is 21.1 Å². The first-order chi connectivity index (χ1) is 8.08. The van der Waals surface area contributed by atoms with Crippen LogP contribution in [0.25, 0.3) is 0 Å². The molecule has 1 rings (SSSR count). The number of hydrogen-bond acceptors (Lipinski definition) is 2. The molecule has 0 heterocycles. The summed E-state index contributed by atoms with van der Waals surface area (Å²) in [6, 6.07) is 5.79. The molecule has 5 heteroatoms. The van der Waals surface area contributed by atoms with Crippen molar-refractivity contribution in [3.8, 4) is 0 Å². The van der Waals surface area contributed by atoms with Crippen LogP contribution >= 0.6 is 43.6 Å². The molecule has 1 N–H and O–H groups in total. The Morgan fingerprint density at radius 1 is 1.47 bits per heavy atom. The van der Waals surface area contributed by atoms with Crippen LogP contribution in [0.15, 0.2) is 27.1 Å². The molecule has 0 radical (unpaired) electrons. The summed E-state index contributed by atoms with van der Waals surface area (Å²) in [5.74, 6) is 0.918. The molecule has 1 unspecified atom stereocenters. The number of benzene rings is 1. The zero-order valence-corrected chi connectivity index (χ0v) is 13.8. The molecular formula is C12H15Br2NOS. The Kier molecular flexibility index (Phi) is 6.59. The maximum Gasteiger partial charge on any atom is 0.252 e. The largest absolute Gasteiger partial charge is 0.348 e. The van der Waals surface area contributed by atoms with Crippen LogP contribution in [0.5, 0.6) is 0 Å². The van der Waals surface area contributed by atoms with Crippen molar-refractivity contribution in [1.29, 1.82) is 0 Å². The van der Waals surface area contributed by atoms with E-state index in [1.807, 2.05) is 24.5 Å². The van der Waals surface area contributed by atoms with Crippen LogP contribution in [0.4, 0.5) is 0 Å². The zero-order chi connectivity index (χ0) is 12.8. The number of hydrogen-bond donors (Lipinski definition) is 1. The maximum atomic E-state index is 12.1. The third-order valence-electron chi connectivity index (χ3n) is 2.37. The maximum absolute atomic E-state index is 12.1. The lowest BCUT2D eigenvalue weighted by atomic mass is 10.2. The fourth-order valence-corrected chi connectivity index (χ4v) is 3.35. The van der Waals surface area contributed by atoms with Gasteiger partial charge in [0.1, 0.15) is 0 Å². The second-order valence-corrected chi connectivity index (χ2v) is 6.34. The molecule has 0 bridgehead atoms. The van der Waals surface area contributed by atoms with Crippen molar-refractivity contribution in [2.24, 2.45) is 0 Å².